The van der Waals surface area contributed by atoms with Gasteiger partial charge in [0.2, 0.25) is 5.91 Å². The lowest BCUT2D eigenvalue weighted by Crippen LogP contribution is -2.36. The number of guanidine groups is 1. The summed E-state index contributed by atoms with van der Waals surface area (Å²) < 4.78 is 0. The first-order chi connectivity index (χ1) is 12.0. The predicted molar refractivity (Wildman–Crippen MR) is 120 cm³/mol. The Kier molecular flexibility index (Phi) is 9.50. The zero-order chi connectivity index (χ0) is 18.2. The van der Waals surface area contributed by atoms with Crippen molar-refractivity contribution in [2.45, 2.75) is 24.9 Å². The van der Waals surface area contributed by atoms with E-state index < -0.39 is 5.91 Å². The van der Waals surface area contributed by atoms with Gasteiger partial charge in [0.1, 0.15) is 0 Å². The van der Waals surface area contributed by atoms with Crippen LogP contribution in [0.25, 0.3) is 0 Å². The molecule has 1 amide bonds. The SMILES string of the molecule is CN=C(NCc1cccc(C(N)=O)c1)NCc1ccc(C)cc1SC.I. The van der Waals surface area contributed by atoms with Crippen LogP contribution < -0.4 is 16.4 Å². The van der Waals surface area contributed by atoms with Crippen molar-refractivity contribution in [3.8, 4) is 0 Å². The molecule has 26 heavy (non-hydrogen) atoms. The Balaban J connectivity index is 0.00000338. The predicted octanol–water partition coefficient (Wildman–Crippen LogP) is 3.30. The molecule has 0 atom stereocenters. The Morgan fingerprint density at radius 2 is 1.88 bits per heavy atom. The van der Waals surface area contributed by atoms with Gasteiger partial charge in [0.15, 0.2) is 5.96 Å². The maximum Gasteiger partial charge on any atom is 0.248 e. The fourth-order valence-corrected chi connectivity index (χ4v) is 3.12. The topological polar surface area (TPSA) is 79.5 Å². The molecule has 140 valence electrons. The largest absolute Gasteiger partial charge is 0.366 e. The van der Waals surface area contributed by atoms with E-state index in [1.807, 2.05) is 12.1 Å². The molecule has 2 aromatic rings. The van der Waals surface area contributed by atoms with Gasteiger partial charge in [-0.05, 0) is 48.1 Å². The number of halogens is 1. The van der Waals surface area contributed by atoms with Crippen LogP contribution >= 0.6 is 35.7 Å². The van der Waals surface area contributed by atoms with Crippen LogP contribution in [0.2, 0.25) is 0 Å². The van der Waals surface area contributed by atoms with Gasteiger partial charge in [-0.1, -0.05) is 24.3 Å². The van der Waals surface area contributed by atoms with Crippen molar-refractivity contribution < 1.29 is 4.79 Å². The maximum absolute atomic E-state index is 11.3. The molecule has 0 unspecified atom stereocenters. The van der Waals surface area contributed by atoms with Gasteiger partial charge in [0, 0.05) is 30.6 Å². The highest BCUT2D eigenvalue weighted by atomic mass is 127. The van der Waals surface area contributed by atoms with Crippen LogP contribution in [-0.2, 0) is 13.1 Å². The first-order valence-corrected chi connectivity index (χ1v) is 9.22. The highest BCUT2D eigenvalue weighted by molar-refractivity contribution is 14.0. The van der Waals surface area contributed by atoms with Crippen LogP contribution in [0.3, 0.4) is 0 Å². The molecule has 2 rings (SSSR count). The minimum atomic E-state index is -0.423. The number of rotatable bonds is 6. The van der Waals surface area contributed by atoms with Crippen molar-refractivity contribution in [1.82, 2.24) is 10.6 Å². The Morgan fingerprint density at radius 3 is 2.54 bits per heavy atom. The number of aliphatic imine (C=N–C) groups is 1. The molecule has 0 aliphatic rings. The lowest BCUT2D eigenvalue weighted by atomic mass is 10.1. The van der Waals surface area contributed by atoms with Crippen LogP contribution in [-0.4, -0.2) is 25.2 Å². The minimum absolute atomic E-state index is 0. The fourth-order valence-electron chi connectivity index (χ4n) is 2.42. The van der Waals surface area contributed by atoms with Gasteiger partial charge in [-0.15, -0.1) is 35.7 Å². The fraction of sp³-hybridized carbons (Fsp3) is 0.263. The molecule has 0 radical (unpaired) electrons. The summed E-state index contributed by atoms with van der Waals surface area (Å²) in [6.07, 6.45) is 2.08. The standard InChI is InChI=1S/C19H24N4OS.HI/c1-13-7-8-16(17(9-13)25-3)12-23-19(21-2)22-11-14-5-4-6-15(10-14)18(20)24;/h4-10H,11-12H2,1-3H3,(H2,20,24)(H2,21,22,23);1H. The van der Waals surface area contributed by atoms with Crippen LogP contribution in [0.5, 0.6) is 0 Å². The third kappa shape index (κ3) is 6.53. The average molecular weight is 484 g/mol. The molecule has 0 saturated carbocycles. The molecule has 0 fully saturated rings. The number of nitrogens with one attached hydrogen (secondary N) is 2. The van der Waals surface area contributed by atoms with Gasteiger partial charge < -0.3 is 16.4 Å². The summed E-state index contributed by atoms with van der Waals surface area (Å²) in [6, 6.07) is 13.7. The number of thioether (sulfide) groups is 1. The third-order valence-electron chi connectivity index (χ3n) is 3.78. The van der Waals surface area contributed by atoms with E-state index in [1.165, 1.54) is 16.0 Å². The minimum Gasteiger partial charge on any atom is -0.366 e. The van der Waals surface area contributed by atoms with E-state index in [9.17, 15) is 4.79 Å². The van der Waals surface area contributed by atoms with Gasteiger partial charge >= 0.3 is 0 Å². The highest BCUT2D eigenvalue weighted by Gasteiger charge is 2.05. The highest BCUT2D eigenvalue weighted by Crippen LogP contribution is 2.21. The van der Waals surface area contributed by atoms with E-state index in [-0.39, 0.29) is 24.0 Å². The van der Waals surface area contributed by atoms with Gasteiger partial charge in [-0.25, -0.2) is 0 Å². The summed E-state index contributed by atoms with van der Waals surface area (Å²) in [7, 11) is 1.74. The number of amides is 1. The van der Waals surface area contributed by atoms with Gasteiger partial charge in [0.05, 0.1) is 0 Å². The third-order valence-corrected chi connectivity index (χ3v) is 4.60. The van der Waals surface area contributed by atoms with Crippen molar-refractivity contribution in [2.24, 2.45) is 10.7 Å². The normalized spacial score (nSPS) is 10.8. The Labute approximate surface area is 176 Å². The number of hydrogen-bond acceptors (Lipinski definition) is 3. The zero-order valence-corrected chi connectivity index (χ0v) is 18.4. The van der Waals surface area contributed by atoms with Crippen molar-refractivity contribution in [3.05, 3.63) is 64.7 Å². The summed E-state index contributed by atoms with van der Waals surface area (Å²) in [5.41, 5.74) is 9.28. The smallest absolute Gasteiger partial charge is 0.248 e. The number of primary amides is 1. The number of nitrogens with zero attached hydrogens (tertiary/aromatic N) is 1. The van der Waals surface area contributed by atoms with E-state index in [2.05, 4.69) is 47.0 Å². The Bertz CT molecular complexity index is 780. The summed E-state index contributed by atoms with van der Waals surface area (Å²) in [6.45, 7) is 3.35. The van der Waals surface area contributed by atoms with Gasteiger partial charge in [-0.2, -0.15) is 0 Å². The molecule has 5 nitrogen and oxygen atoms in total. The number of hydrogen-bond donors (Lipinski definition) is 3. The monoisotopic (exact) mass is 484 g/mol. The van der Waals surface area contributed by atoms with Crippen LogP contribution in [0.1, 0.15) is 27.0 Å². The lowest BCUT2D eigenvalue weighted by Gasteiger charge is -2.14. The molecule has 0 spiro atoms. The van der Waals surface area contributed by atoms with E-state index in [0.717, 1.165) is 5.56 Å². The number of aryl methyl sites for hydroxylation is 1. The van der Waals surface area contributed by atoms with Crippen molar-refractivity contribution in [3.63, 3.8) is 0 Å². The van der Waals surface area contributed by atoms with Crippen LogP contribution in [0, 0.1) is 6.92 Å². The molecule has 0 heterocycles. The molecule has 0 bridgehead atoms. The summed E-state index contributed by atoms with van der Waals surface area (Å²) in [4.78, 5) is 16.8. The molecular formula is C19H25IN4OS. The lowest BCUT2D eigenvalue weighted by molar-refractivity contribution is 0.1000. The second-order valence-electron chi connectivity index (χ2n) is 5.66. The number of nitrogens with two attached hydrogens (primary N) is 1. The quantitative estimate of drug-likeness (QED) is 0.255. The zero-order valence-electron chi connectivity index (χ0n) is 15.2. The molecule has 2 aromatic carbocycles. The Morgan fingerprint density at radius 1 is 1.15 bits per heavy atom. The summed E-state index contributed by atoms with van der Waals surface area (Å²) in [5, 5.41) is 6.57. The first kappa shape index (κ1) is 22.3. The Hall–Kier alpha value is -1.74. The second kappa shape index (κ2) is 11.1. The molecule has 0 aliphatic carbocycles. The summed E-state index contributed by atoms with van der Waals surface area (Å²) in [5.74, 6) is 0.283. The number of carbonyl (C=O) groups excluding carboxylic acids is 1. The van der Waals surface area contributed by atoms with E-state index in [0.29, 0.717) is 24.6 Å². The molecule has 0 aliphatic heterocycles. The molecule has 0 saturated heterocycles. The molecular weight excluding hydrogens is 459 g/mol. The molecule has 4 N–H and O–H groups in total. The van der Waals surface area contributed by atoms with Crippen LogP contribution in [0.15, 0.2) is 52.4 Å². The average Bonchev–Trinajstić information content (AvgIpc) is 2.62. The van der Waals surface area contributed by atoms with Crippen molar-refractivity contribution in [2.75, 3.05) is 13.3 Å². The van der Waals surface area contributed by atoms with Crippen LogP contribution in [0.4, 0.5) is 0 Å². The maximum atomic E-state index is 11.3. The van der Waals surface area contributed by atoms with E-state index in [4.69, 9.17) is 5.73 Å². The number of carbonyl (C=O) groups is 1. The molecule has 7 heteroatoms. The second-order valence-corrected chi connectivity index (χ2v) is 6.51. The van der Waals surface area contributed by atoms with E-state index in [1.54, 1.807) is 30.9 Å². The van der Waals surface area contributed by atoms with Crippen molar-refractivity contribution >= 4 is 47.6 Å². The molecule has 0 aromatic heterocycles. The summed E-state index contributed by atoms with van der Waals surface area (Å²) >= 11 is 1.74. The van der Waals surface area contributed by atoms with E-state index >= 15 is 0 Å². The first-order valence-electron chi connectivity index (χ1n) is 8.00. The van der Waals surface area contributed by atoms with Crippen molar-refractivity contribution in [1.29, 1.82) is 0 Å². The number of benzene rings is 2. The van der Waals surface area contributed by atoms with Gasteiger partial charge in [0.25, 0.3) is 0 Å². The van der Waals surface area contributed by atoms with Gasteiger partial charge in [-0.3, -0.25) is 9.79 Å².